The van der Waals surface area contributed by atoms with Crippen LogP contribution in [0.5, 0.6) is 0 Å². The number of benzene rings is 2. The van der Waals surface area contributed by atoms with Crippen molar-refractivity contribution in [1.29, 1.82) is 0 Å². The summed E-state index contributed by atoms with van der Waals surface area (Å²) < 4.78 is 95.3. The molecule has 2 aromatic rings. The van der Waals surface area contributed by atoms with Gasteiger partial charge in [0.1, 0.15) is 5.82 Å². The second-order valence-corrected chi connectivity index (χ2v) is 11.9. The van der Waals surface area contributed by atoms with Crippen LogP contribution < -0.4 is 5.73 Å². The van der Waals surface area contributed by atoms with Gasteiger partial charge in [-0.05, 0) is 86.7 Å². The number of aliphatic carboxylic acids is 1. The maximum Gasteiger partial charge on any atom is 0.416 e. The van der Waals surface area contributed by atoms with Gasteiger partial charge in [-0.2, -0.15) is 26.3 Å². The van der Waals surface area contributed by atoms with E-state index in [9.17, 15) is 45.4 Å². The molecule has 0 bridgehead atoms. The van der Waals surface area contributed by atoms with E-state index in [0.29, 0.717) is 55.6 Å². The van der Waals surface area contributed by atoms with Crippen molar-refractivity contribution >= 4 is 11.9 Å². The highest BCUT2D eigenvalue weighted by Gasteiger charge is 2.46. The normalized spacial score (nSPS) is 24.1. The fourth-order valence-electron chi connectivity index (χ4n) is 6.22. The van der Waals surface area contributed by atoms with Crippen LogP contribution in [0.25, 0.3) is 0 Å². The Labute approximate surface area is 244 Å². The molecule has 0 saturated carbocycles. The van der Waals surface area contributed by atoms with Crippen molar-refractivity contribution < 1.29 is 45.4 Å². The van der Waals surface area contributed by atoms with Crippen LogP contribution in [0.15, 0.2) is 36.4 Å². The first-order chi connectivity index (χ1) is 19.8. The van der Waals surface area contributed by atoms with Crippen LogP contribution in [0.1, 0.15) is 72.9 Å². The lowest BCUT2D eigenvalue weighted by Gasteiger charge is -2.46. The van der Waals surface area contributed by atoms with Crippen molar-refractivity contribution in [3.05, 3.63) is 70.0 Å². The zero-order chi connectivity index (χ0) is 32.1. The topological polar surface area (TPSA) is 86.9 Å². The molecule has 2 saturated heterocycles. The van der Waals surface area contributed by atoms with Gasteiger partial charge in [-0.25, -0.2) is 4.39 Å². The van der Waals surface area contributed by atoms with E-state index in [1.807, 2.05) is 0 Å². The van der Waals surface area contributed by atoms with Gasteiger partial charge in [-0.15, -0.1) is 0 Å². The fourth-order valence-corrected chi connectivity index (χ4v) is 6.22. The summed E-state index contributed by atoms with van der Waals surface area (Å²) in [6, 6.07) is 4.54. The van der Waals surface area contributed by atoms with Crippen LogP contribution in [0.3, 0.4) is 0 Å². The Morgan fingerprint density at radius 2 is 1.58 bits per heavy atom. The van der Waals surface area contributed by atoms with Crippen LogP contribution in [0, 0.1) is 18.7 Å². The first-order valence-corrected chi connectivity index (χ1v) is 13.9. The lowest BCUT2D eigenvalue weighted by Crippen LogP contribution is -2.59. The molecule has 0 spiro atoms. The molecule has 0 aromatic heterocycles. The third kappa shape index (κ3) is 6.82. The molecular formula is C30H34F7N3O3. The molecule has 236 valence electrons. The Kier molecular flexibility index (Phi) is 8.92. The highest BCUT2D eigenvalue weighted by molar-refractivity contribution is 5.87. The van der Waals surface area contributed by atoms with E-state index in [2.05, 4.69) is 4.90 Å². The Morgan fingerprint density at radius 1 is 0.977 bits per heavy atom. The molecule has 13 heteroatoms. The molecular weight excluding hydrogens is 583 g/mol. The number of halogens is 7. The third-order valence-corrected chi connectivity index (χ3v) is 8.98. The number of nitrogens with two attached hydrogens (primary N) is 1. The number of aryl methyl sites for hydroxylation is 1. The number of carbonyl (C=O) groups is 2. The summed E-state index contributed by atoms with van der Waals surface area (Å²) in [7, 11) is 0. The number of piperidine rings is 1. The van der Waals surface area contributed by atoms with Crippen LogP contribution in [-0.2, 0) is 21.9 Å². The molecule has 2 aromatic carbocycles. The number of carboxylic acids is 1. The van der Waals surface area contributed by atoms with Crippen molar-refractivity contribution in [2.75, 3.05) is 19.6 Å². The van der Waals surface area contributed by atoms with Crippen LogP contribution in [0.4, 0.5) is 30.7 Å². The summed E-state index contributed by atoms with van der Waals surface area (Å²) in [4.78, 5) is 29.2. The number of carboxylic acid groups (broad SMARTS) is 1. The van der Waals surface area contributed by atoms with E-state index >= 15 is 0 Å². The number of likely N-dealkylation sites (tertiary alicyclic amines) is 2. The monoisotopic (exact) mass is 617 g/mol. The SMILES string of the molecule is Cc1cc(F)ccc1[C@H]1C[C@@H](N2CCC(C(=O)O)C2)CCN1C(=O)C(C)(N)[C@H](C)c1cc(C(F)(F)F)cc(C(F)(F)F)c1. The van der Waals surface area contributed by atoms with Crippen LogP contribution in [0.2, 0.25) is 0 Å². The number of hydrogen-bond acceptors (Lipinski definition) is 4. The molecule has 3 N–H and O–H groups in total. The smallest absolute Gasteiger partial charge is 0.416 e. The summed E-state index contributed by atoms with van der Waals surface area (Å²) in [5.41, 5.74) is 2.36. The minimum atomic E-state index is -5.06. The van der Waals surface area contributed by atoms with Crippen molar-refractivity contribution in [2.24, 2.45) is 11.7 Å². The van der Waals surface area contributed by atoms with E-state index in [1.54, 1.807) is 13.0 Å². The molecule has 4 rings (SSSR count). The summed E-state index contributed by atoms with van der Waals surface area (Å²) in [6.45, 7) is 5.31. The Balaban J connectivity index is 1.69. The zero-order valence-electron chi connectivity index (χ0n) is 23.9. The average molecular weight is 618 g/mol. The number of alkyl halides is 6. The minimum absolute atomic E-state index is 0.0251. The molecule has 0 aliphatic carbocycles. The van der Waals surface area contributed by atoms with Crippen LogP contribution in [-0.4, -0.2) is 58.0 Å². The van der Waals surface area contributed by atoms with Gasteiger partial charge >= 0.3 is 18.3 Å². The molecule has 1 amide bonds. The maximum atomic E-state index is 14.1. The van der Waals surface area contributed by atoms with E-state index < -0.39 is 64.6 Å². The summed E-state index contributed by atoms with van der Waals surface area (Å²) in [5, 5.41) is 9.44. The van der Waals surface area contributed by atoms with E-state index in [0.717, 1.165) is 0 Å². The molecule has 2 aliphatic heterocycles. The highest BCUT2D eigenvalue weighted by Crippen LogP contribution is 2.42. The van der Waals surface area contributed by atoms with Gasteiger partial charge in [0.15, 0.2) is 0 Å². The predicted molar refractivity (Wildman–Crippen MR) is 143 cm³/mol. The summed E-state index contributed by atoms with van der Waals surface area (Å²) in [5.74, 6) is -3.84. The highest BCUT2D eigenvalue weighted by atomic mass is 19.4. The van der Waals surface area contributed by atoms with Gasteiger partial charge in [0, 0.05) is 25.0 Å². The third-order valence-electron chi connectivity index (χ3n) is 8.98. The van der Waals surface area contributed by atoms with E-state index in [4.69, 9.17) is 5.73 Å². The second kappa shape index (κ2) is 11.7. The molecule has 2 aliphatic rings. The van der Waals surface area contributed by atoms with Crippen molar-refractivity contribution in [2.45, 2.75) is 75.9 Å². The maximum absolute atomic E-state index is 14.1. The lowest BCUT2D eigenvalue weighted by molar-refractivity contribution is -0.143. The van der Waals surface area contributed by atoms with Gasteiger partial charge in [-0.3, -0.25) is 14.5 Å². The molecule has 6 nitrogen and oxygen atoms in total. The van der Waals surface area contributed by atoms with E-state index in [1.165, 1.54) is 30.9 Å². The molecule has 2 fully saturated rings. The summed E-state index contributed by atoms with van der Waals surface area (Å²) >= 11 is 0. The van der Waals surface area contributed by atoms with Gasteiger partial charge < -0.3 is 15.7 Å². The van der Waals surface area contributed by atoms with Gasteiger partial charge in [0.2, 0.25) is 5.91 Å². The standard InChI is InChI=1S/C30H34F7N3O3/c1-16-10-22(31)4-5-24(16)25-14-23(39-8-6-18(15-39)26(41)42)7-9-40(25)27(43)28(3,38)17(2)19-11-20(29(32,33)34)13-21(12-19)30(35,36)37/h4-5,10-13,17-18,23,25H,6-9,14-15,38H2,1-3H3,(H,41,42)/t17-,18?,23+,25-,28?/m1/s1. The molecule has 2 unspecified atom stereocenters. The Morgan fingerprint density at radius 3 is 2.09 bits per heavy atom. The van der Waals surface area contributed by atoms with E-state index in [-0.39, 0.29) is 24.2 Å². The number of rotatable bonds is 6. The fraction of sp³-hybridized carbons (Fsp3) is 0.533. The van der Waals surface area contributed by atoms with Crippen molar-refractivity contribution in [3.8, 4) is 0 Å². The van der Waals surface area contributed by atoms with Crippen LogP contribution >= 0.6 is 0 Å². The number of hydrogen-bond donors (Lipinski definition) is 2. The zero-order valence-corrected chi connectivity index (χ0v) is 23.9. The van der Waals surface area contributed by atoms with Crippen molar-refractivity contribution in [3.63, 3.8) is 0 Å². The number of nitrogens with zero attached hydrogens (tertiary/aromatic N) is 2. The first-order valence-electron chi connectivity index (χ1n) is 13.9. The van der Waals surface area contributed by atoms with Gasteiger partial charge in [-0.1, -0.05) is 13.0 Å². The van der Waals surface area contributed by atoms with Crippen molar-refractivity contribution in [1.82, 2.24) is 9.80 Å². The lowest BCUT2D eigenvalue weighted by atomic mass is 9.79. The average Bonchev–Trinajstić information content (AvgIpc) is 3.42. The second-order valence-electron chi connectivity index (χ2n) is 11.9. The Hall–Kier alpha value is -3.19. The predicted octanol–water partition coefficient (Wildman–Crippen LogP) is 6.13. The number of amides is 1. The molecule has 2 heterocycles. The van der Waals surface area contributed by atoms with Gasteiger partial charge in [0.25, 0.3) is 0 Å². The molecule has 5 atom stereocenters. The largest absolute Gasteiger partial charge is 0.481 e. The quantitative estimate of drug-likeness (QED) is 0.381. The van der Waals surface area contributed by atoms with Gasteiger partial charge in [0.05, 0.1) is 28.6 Å². The minimum Gasteiger partial charge on any atom is -0.481 e. The first kappa shape index (κ1) is 32.7. The summed E-state index contributed by atoms with van der Waals surface area (Å²) in [6.07, 6.45) is -8.85. The Bertz CT molecular complexity index is 1340. The molecule has 43 heavy (non-hydrogen) atoms. The molecule has 0 radical (unpaired) electrons. The number of carbonyl (C=O) groups excluding carboxylic acids is 1.